The number of benzene rings is 1. The number of rotatable bonds is 5. The van der Waals surface area contributed by atoms with Crippen molar-refractivity contribution in [2.75, 3.05) is 18.9 Å². The smallest absolute Gasteiger partial charge is 0.340 e. The standard InChI is InChI=1S/C13H16FNO3/c1-2-17-13(16)10-5-9(6-11(14)12(10)15)18-7-8-3-4-8/h5-6,8H,2-4,7,15H2,1H3. The highest BCUT2D eigenvalue weighted by Gasteiger charge is 2.23. The van der Waals surface area contributed by atoms with Crippen LogP contribution in [0.25, 0.3) is 0 Å². The summed E-state index contributed by atoms with van der Waals surface area (Å²) in [5, 5.41) is 0. The van der Waals surface area contributed by atoms with Crippen molar-refractivity contribution in [1.82, 2.24) is 0 Å². The van der Waals surface area contributed by atoms with Gasteiger partial charge in [0.2, 0.25) is 0 Å². The number of nitrogen functional groups attached to an aromatic ring is 1. The number of hydrogen-bond donors (Lipinski definition) is 1. The van der Waals surface area contributed by atoms with Gasteiger partial charge in [-0.2, -0.15) is 0 Å². The molecule has 0 saturated heterocycles. The lowest BCUT2D eigenvalue weighted by atomic mass is 10.1. The van der Waals surface area contributed by atoms with Crippen molar-refractivity contribution >= 4 is 11.7 Å². The molecule has 4 nitrogen and oxygen atoms in total. The van der Waals surface area contributed by atoms with Crippen molar-refractivity contribution in [3.05, 3.63) is 23.5 Å². The molecule has 5 heteroatoms. The molecule has 0 atom stereocenters. The van der Waals surface area contributed by atoms with E-state index in [0.29, 0.717) is 18.3 Å². The molecule has 1 aromatic rings. The van der Waals surface area contributed by atoms with Gasteiger partial charge < -0.3 is 15.2 Å². The van der Waals surface area contributed by atoms with E-state index in [0.717, 1.165) is 12.8 Å². The molecule has 0 heterocycles. The summed E-state index contributed by atoms with van der Waals surface area (Å²) in [6.07, 6.45) is 2.28. The van der Waals surface area contributed by atoms with Gasteiger partial charge in [0.25, 0.3) is 0 Å². The largest absolute Gasteiger partial charge is 0.493 e. The van der Waals surface area contributed by atoms with E-state index in [2.05, 4.69) is 0 Å². The maximum atomic E-state index is 13.6. The zero-order valence-corrected chi connectivity index (χ0v) is 10.2. The maximum absolute atomic E-state index is 13.6. The fraction of sp³-hybridized carbons (Fsp3) is 0.462. The van der Waals surface area contributed by atoms with Crippen molar-refractivity contribution in [2.24, 2.45) is 5.92 Å². The van der Waals surface area contributed by atoms with Crippen LogP contribution >= 0.6 is 0 Å². The van der Waals surface area contributed by atoms with E-state index in [9.17, 15) is 9.18 Å². The topological polar surface area (TPSA) is 61.5 Å². The molecule has 1 aromatic carbocycles. The third-order valence-corrected chi connectivity index (χ3v) is 2.78. The lowest BCUT2D eigenvalue weighted by molar-refractivity contribution is 0.0526. The number of carbonyl (C=O) groups excluding carboxylic acids is 1. The van der Waals surface area contributed by atoms with Crippen LogP contribution in [0.4, 0.5) is 10.1 Å². The normalized spacial score (nSPS) is 14.3. The van der Waals surface area contributed by atoms with Crippen LogP contribution in [0.5, 0.6) is 5.75 Å². The van der Waals surface area contributed by atoms with E-state index in [1.807, 2.05) is 0 Å². The Bertz CT molecular complexity index is 458. The van der Waals surface area contributed by atoms with Gasteiger partial charge in [-0.15, -0.1) is 0 Å². The molecular weight excluding hydrogens is 237 g/mol. The molecule has 0 unspecified atom stereocenters. The van der Waals surface area contributed by atoms with Gasteiger partial charge in [-0.1, -0.05) is 0 Å². The third-order valence-electron chi connectivity index (χ3n) is 2.78. The van der Waals surface area contributed by atoms with E-state index in [4.69, 9.17) is 15.2 Å². The average Bonchev–Trinajstić information content (AvgIpc) is 3.14. The molecule has 0 amide bonds. The van der Waals surface area contributed by atoms with Crippen molar-refractivity contribution in [2.45, 2.75) is 19.8 Å². The molecule has 0 aliphatic heterocycles. The summed E-state index contributed by atoms with van der Waals surface area (Å²) in [5.41, 5.74) is 5.33. The van der Waals surface area contributed by atoms with Gasteiger partial charge in [-0.3, -0.25) is 0 Å². The molecular formula is C13H16FNO3. The first-order chi connectivity index (χ1) is 8.61. The summed E-state index contributed by atoms with van der Waals surface area (Å²) in [6, 6.07) is 2.62. The second-order valence-corrected chi connectivity index (χ2v) is 4.34. The molecule has 0 radical (unpaired) electrons. The molecule has 1 saturated carbocycles. The van der Waals surface area contributed by atoms with Crippen LogP contribution in [0.15, 0.2) is 12.1 Å². The number of anilines is 1. The number of ether oxygens (including phenoxy) is 2. The molecule has 18 heavy (non-hydrogen) atoms. The predicted molar refractivity (Wildman–Crippen MR) is 65.0 cm³/mol. The maximum Gasteiger partial charge on any atom is 0.340 e. The van der Waals surface area contributed by atoms with E-state index in [1.165, 1.54) is 12.1 Å². The molecule has 0 spiro atoms. The van der Waals surface area contributed by atoms with Crippen molar-refractivity contribution in [3.63, 3.8) is 0 Å². The van der Waals surface area contributed by atoms with E-state index in [-0.39, 0.29) is 17.9 Å². The van der Waals surface area contributed by atoms with Crippen LogP contribution in [0.3, 0.4) is 0 Å². The number of halogens is 1. The monoisotopic (exact) mass is 253 g/mol. The van der Waals surface area contributed by atoms with Crippen LogP contribution in [-0.4, -0.2) is 19.2 Å². The minimum absolute atomic E-state index is 0.0163. The van der Waals surface area contributed by atoms with Crippen molar-refractivity contribution in [1.29, 1.82) is 0 Å². The molecule has 1 fully saturated rings. The van der Waals surface area contributed by atoms with E-state index >= 15 is 0 Å². The highest BCUT2D eigenvalue weighted by Crippen LogP contribution is 2.31. The third kappa shape index (κ3) is 2.91. The summed E-state index contributed by atoms with van der Waals surface area (Å²) in [5.74, 6) is -0.426. The zero-order valence-electron chi connectivity index (χ0n) is 10.2. The van der Waals surface area contributed by atoms with Crippen LogP contribution in [-0.2, 0) is 4.74 Å². The number of esters is 1. The molecule has 1 aliphatic rings. The van der Waals surface area contributed by atoms with Crippen LogP contribution in [0.1, 0.15) is 30.1 Å². The quantitative estimate of drug-likeness (QED) is 0.646. The summed E-state index contributed by atoms with van der Waals surface area (Å²) in [7, 11) is 0. The summed E-state index contributed by atoms with van der Waals surface area (Å²) in [4.78, 5) is 11.6. The van der Waals surface area contributed by atoms with Gasteiger partial charge in [0.15, 0.2) is 5.82 Å². The van der Waals surface area contributed by atoms with Gasteiger partial charge in [0.1, 0.15) is 5.75 Å². The van der Waals surface area contributed by atoms with E-state index in [1.54, 1.807) is 6.92 Å². The second kappa shape index (κ2) is 5.25. The average molecular weight is 253 g/mol. The Morgan fingerprint density at radius 3 is 2.83 bits per heavy atom. The van der Waals surface area contributed by atoms with Crippen LogP contribution in [0.2, 0.25) is 0 Å². The van der Waals surface area contributed by atoms with Gasteiger partial charge in [0, 0.05) is 6.07 Å². The molecule has 2 rings (SSSR count). The highest BCUT2D eigenvalue weighted by atomic mass is 19.1. The Hall–Kier alpha value is -1.78. The summed E-state index contributed by atoms with van der Waals surface area (Å²) in [6.45, 7) is 2.44. The minimum Gasteiger partial charge on any atom is -0.493 e. The van der Waals surface area contributed by atoms with E-state index < -0.39 is 11.8 Å². The Morgan fingerprint density at radius 2 is 2.22 bits per heavy atom. The highest BCUT2D eigenvalue weighted by molar-refractivity contribution is 5.95. The lowest BCUT2D eigenvalue weighted by Gasteiger charge is -2.10. The second-order valence-electron chi connectivity index (χ2n) is 4.34. The first-order valence-corrected chi connectivity index (χ1v) is 6.00. The fourth-order valence-corrected chi connectivity index (χ4v) is 1.55. The fourth-order valence-electron chi connectivity index (χ4n) is 1.55. The minimum atomic E-state index is -0.661. The Kier molecular flexibility index (Phi) is 3.69. The SMILES string of the molecule is CCOC(=O)c1cc(OCC2CC2)cc(F)c1N. The van der Waals surface area contributed by atoms with Gasteiger partial charge in [-0.25, -0.2) is 9.18 Å². The lowest BCUT2D eigenvalue weighted by Crippen LogP contribution is -2.10. The molecule has 0 aromatic heterocycles. The summed E-state index contributed by atoms with van der Waals surface area (Å²) >= 11 is 0. The Labute approximate surface area is 105 Å². The molecule has 2 N–H and O–H groups in total. The summed E-state index contributed by atoms with van der Waals surface area (Å²) < 4.78 is 23.8. The first-order valence-electron chi connectivity index (χ1n) is 6.00. The molecule has 0 bridgehead atoms. The number of hydrogen-bond acceptors (Lipinski definition) is 4. The van der Waals surface area contributed by atoms with Crippen molar-refractivity contribution < 1.29 is 18.7 Å². The number of carbonyl (C=O) groups is 1. The van der Waals surface area contributed by atoms with Crippen LogP contribution in [0, 0.1) is 11.7 Å². The number of nitrogens with two attached hydrogens (primary N) is 1. The van der Waals surface area contributed by atoms with Crippen molar-refractivity contribution in [3.8, 4) is 5.75 Å². The molecule has 98 valence electrons. The zero-order chi connectivity index (χ0) is 13.1. The Balaban J connectivity index is 2.17. The molecule has 1 aliphatic carbocycles. The van der Waals surface area contributed by atoms with Gasteiger partial charge >= 0.3 is 5.97 Å². The van der Waals surface area contributed by atoms with Crippen LogP contribution < -0.4 is 10.5 Å². The predicted octanol–water partition coefficient (Wildman–Crippen LogP) is 2.37. The van der Waals surface area contributed by atoms with Gasteiger partial charge in [0.05, 0.1) is 24.5 Å². The first kappa shape index (κ1) is 12.7. The Morgan fingerprint density at radius 1 is 1.50 bits per heavy atom. The van der Waals surface area contributed by atoms with Gasteiger partial charge in [-0.05, 0) is 31.7 Å².